The molecule has 0 fully saturated rings. The minimum atomic E-state index is -4.39. The molecule has 132 valence electrons. The zero-order valence-corrected chi connectivity index (χ0v) is 13.9. The van der Waals surface area contributed by atoms with Crippen LogP contribution in [-0.4, -0.2) is 20.5 Å². The number of hydrogen-bond acceptors (Lipinski definition) is 3. The normalized spacial score (nSPS) is 16.9. The number of alkyl halides is 3. The van der Waals surface area contributed by atoms with Gasteiger partial charge < -0.3 is 0 Å². The number of rotatable bonds is 2. The van der Waals surface area contributed by atoms with Gasteiger partial charge in [0, 0.05) is 6.42 Å². The van der Waals surface area contributed by atoms with Gasteiger partial charge in [0.2, 0.25) is 5.95 Å². The van der Waals surface area contributed by atoms with E-state index >= 15 is 0 Å². The topological polar surface area (TPSA) is 43.1 Å². The number of aromatic nitrogens is 3. The molecule has 0 saturated heterocycles. The molecular formula is C19H15F3N4. The van der Waals surface area contributed by atoms with Crippen molar-refractivity contribution in [3.05, 3.63) is 77.1 Å². The second kappa shape index (κ2) is 6.09. The highest BCUT2D eigenvalue weighted by atomic mass is 19.4. The lowest BCUT2D eigenvalue weighted by molar-refractivity contribution is -0.137. The molecule has 0 amide bonds. The van der Waals surface area contributed by atoms with Crippen molar-refractivity contribution in [1.29, 1.82) is 0 Å². The van der Waals surface area contributed by atoms with Crippen LogP contribution >= 0.6 is 0 Å². The maximum Gasteiger partial charge on any atom is 0.416 e. The van der Waals surface area contributed by atoms with Crippen molar-refractivity contribution in [2.45, 2.75) is 25.6 Å². The molecule has 0 spiro atoms. The predicted octanol–water partition coefficient (Wildman–Crippen LogP) is 4.72. The molecule has 3 aromatic rings. The van der Waals surface area contributed by atoms with Gasteiger partial charge in [0.25, 0.3) is 0 Å². The van der Waals surface area contributed by atoms with Crippen LogP contribution in [0.4, 0.5) is 19.1 Å². The van der Waals surface area contributed by atoms with Crippen molar-refractivity contribution < 1.29 is 13.2 Å². The molecular weight excluding hydrogens is 341 g/mol. The maximum absolute atomic E-state index is 13.1. The first kappa shape index (κ1) is 16.5. The lowest BCUT2D eigenvalue weighted by Crippen LogP contribution is -2.21. The van der Waals surface area contributed by atoms with E-state index < -0.39 is 11.7 Å². The summed E-state index contributed by atoms with van der Waals surface area (Å²) >= 11 is 0. The van der Waals surface area contributed by atoms with Crippen LogP contribution in [0.1, 0.15) is 34.7 Å². The molecule has 4 rings (SSSR count). The first-order valence-electron chi connectivity index (χ1n) is 8.13. The van der Waals surface area contributed by atoms with Crippen molar-refractivity contribution in [3.8, 4) is 0 Å². The van der Waals surface area contributed by atoms with Crippen molar-refractivity contribution in [2.24, 2.45) is 4.99 Å². The Morgan fingerprint density at radius 3 is 2.58 bits per heavy atom. The third-order valence-corrected chi connectivity index (χ3v) is 4.45. The zero-order chi connectivity index (χ0) is 18.3. The standard InChI is InChI=1S/C19H15F3N4/c1-12-5-7-13(8-6-12)16-10-17(26-18(25-16)23-11-24-26)14-3-2-4-15(9-14)19(20,21)22/h2-9,11,17H,10H2,1H3. The molecule has 0 N–H and O–H groups in total. The molecule has 1 unspecified atom stereocenters. The van der Waals surface area contributed by atoms with E-state index in [1.807, 2.05) is 31.2 Å². The molecule has 1 aromatic heterocycles. The van der Waals surface area contributed by atoms with E-state index in [0.717, 1.165) is 22.9 Å². The minimum absolute atomic E-state index is 0.386. The summed E-state index contributed by atoms with van der Waals surface area (Å²) in [5, 5.41) is 4.17. The first-order chi connectivity index (χ1) is 12.4. The Bertz CT molecular complexity index is 971. The summed E-state index contributed by atoms with van der Waals surface area (Å²) in [6.45, 7) is 1.99. The van der Waals surface area contributed by atoms with Gasteiger partial charge >= 0.3 is 6.18 Å². The molecule has 0 radical (unpaired) electrons. The highest BCUT2D eigenvalue weighted by molar-refractivity contribution is 6.02. The van der Waals surface area contributed by atoms with Gasteiger partial charge in [-0.05, 0) is 30.2 Å². The molecule has 1 aliphatic heterocycles. The van der Waals surface area contributed by atoms with Crippen LogP contribution in [0.2, 0.25) is 0 Å². The van der Waals surface area contributed by atoms with Gasteiger partial charge in [0.05, 0.1) is 17.3 Å². The van der Waals surface area contributed by atoms with E-state index in [4.69, 9.17) is 0 Å². The van der Waals surface area contributed by atoms with Crippen LogP contribution in [0, 0.1) is 6.92 Å². The third kappa shape index (κ3) is 3.00. The molecule has 26 heavy (non-hydrogen) atoms. The summed E-state index contributed by atoms with van der Waals surface area (Å²) in [4.78, 5) is 8.68. The Hall–Kier alpha value is -2.96. The van der Waals surface area contributed by atoms with E-state index in [0.29, 0.717) is 17.9 Å². The second-order valence-electron chi connectivity index (χ2n) is 6.27. The molecule has 0 aliphatic carbocycles. The van der Waals surface area contributed by atoms with E-state index in [1.165, 1.54) is 18.5 Å². The summed E-state index contributed by atoms with van der Waals surface area (Å²) in [5.41, 5.74) is 2.71. The summed E-state index contributed by atoms with van der Waals surface area (Å²) in [6.07, 6.45) is -2.57. The van der Waals surface area contributed by atoms with Gasteiger partial charge in [-0.2, -0.15) is 23.3 Å². The number of fused-ring (bicyclic) bond motifs is 1. The number of nitrogens with zero attached hydrogens (tertiary/aromatic N) is 4. The van der Waals surface area contributed by atoms with Gasteiger partial charge in [-0.25, -0.2) is 9.67 Å². The fourth-order valence-corrected chi connectivity index (χ4v) is 3.09. The van der Waals surface area contributed by atoms with Gasteiger partial charge in [-0.15, -0.1) is 0 Å². The van der Waals surface area contributed by atoms with E-state index in [-0.39, 0.29) is 6.04 Å². The average molecular weight is 356 g/mol. The van der Waals surface area contributed by atoms with E-state index in [2.05, 4.69) is 15.1 Å². The summed E-state index contributed by atoms with van der Waals surface area (Å²) < 4.78 is 40.9. The van der Waals surface area contributed by atoms with Crippen molar-refractivity contribution >= 4 is 11.7 Å². The molecule has 1 atom stereocenters. The average Bonchev–Trinajstić information content (AvgIpc) is 3.09. The maximum atomic E-state index is 13.1. The van der Waals surface area contributed by atoms with Crippen LogP contribution < -0.4 is 0 Å². The van der Waals surface area contributed by atoms with Crippen LogP contribution in [0.3, 0.4) is 0 Å². The number of halogens is 3. The van der Waals surface area contributed by atoms with Gasteiger partial charge in [-0.1, -0.05) is 42.0 Å². The summed E-state index contributed by atoms with van der Waals surface area (Å²) in [7, 11) is 0. The number of aliphatic imine (C=N–C) groups is 1. The first-order valence-corrected chi connectivity index (χ1v) is 8.13. The lowest BCUT2D eigenvalue weighted by Gasteiger charge is -2.24. The lowest BCUT2D eigenvalue weighted by atomic mass is 9.94. The van der Waals surface area contributed by atoms with Gasteiger partial charge in [0.15, 0.2) is 0 Å². The van der Waals surface area contributed by atoms with Crippen LogP contribution in [-0.2, 0) is 6.18 Å². The minimum Gasteiger partial charge on any atom is -0.222 e. The molecule has 2 heterocycles. The number of hydrogen-bond donors (Lipinski definition) is 0. The summed E-state index contributed by atoms with van der Waals surface area (Å²) in [5.74, 6) is 0.397. The molecule has 0 bridgehead atoms. The monoisotopic (exact) mass is 356 g/mol. The van der Waals surface area contributed by atoms with Crippen molar-refractivity contribution in [3.63, 3.8) is 0 Å². The molecule has 4 nitrogen and oxygen atoms in total. The highest BCUT2D eigenvalue weighted by Gasteiger charge is 2.32. The van der Waals surface area contributed by atoms with E-state index in [9.17, 15) is 13.2 Å². The number of aryl methyl sites for hydroxylation is 1. The third-order valence-electron chi connectivity index (χ3n) is 4.45. The smallest absolute Gasteiger partial charge is 0.222 e. The van der Waals surface area contributed by atoms with Gasteiger partial charge in [0.1, 0.15) is 6.33 Å². The molecule has 2 aromatic carbocycles. The fourth-order valence-electron chi connectivity index (χ4n) is 3.09. The van der Waals surface area contributed by atoms with Crippen LogP contribution in [0.5, 0.6) is 0 Å². The fraction of sp³-hybridized carbons (Fsp3) is 0.211. The van der Waals surface area contributed by atoms with Crippen LogP contribution in [0.25, 0.3) is 0 Å². The Kier molecular flexibility index (Phi) is 3.86. The Morgan fingerprint density at radius 2 is 1.85 bits per heavy atom. The predicted molar refractivity (Wildman–Crippen MR) is 91.6 cm³/mol. The van der Waals surface area contributed by atoms with Crippen molar-refractivity contribution in [2.75, 3.05) is 0 Å². The van der Waals surface area contributed by atoms with E-state index in [1.54, 1.807) is 10.7 Å². The highest BCUT2D eigenvalue weighted by Crippen LogP contribution is 2.35. The number of benzene rings is 2. The SMILES string of the molecule is Cc1ccc(C2=Nc3ncnn3C(c3cccc(C(F)(F)F)c3)C2)cc1. The quantitative estimate of drug-likeness (QED) is 0.667. The second-order valence-corrected chi connectivity index (χ2v) is 6.27. The summed E-state index contributed by atoms with van der Waals surface area (Å²) in [6, 6.07) is 12.9. The van der Waals surface area contributed by atoms with Crippen LogP contribution in [0.15, 0.2) is 59.9 Å². The molecule has 0 saturated carbocycles. The Morgan fingerprint density at radius 1 is 1.08 bits per heavy atom. The molecule has 7 heteroatoms. The Balaban J connectivity index is 1.77. The largest absolute Gasteiger partial charge is 0.416 e. The Labute approximate surface area is 148 Å². The zero-order valence-electron chi connectivity index (χ0n) is 13.9. The van der Waals surface area contributed by atoms with Gasteiger partial charge in [-0.3, -0.25) is 0 Å². The van der Waals surface area contributed by atoms with Crippen molar-refractivity contribution in [1.82, 2.24) is 14.8 Å². The molecule has 1 aliphatic rings.